The summed E-state index contributed by atoms with van der Waals surface area (Å²) in [5.74, 6) is -0.465. The first-order valence-corrected chi connectivity index (χ1v) is 14.6. The molecule has 36 heavy (non-hydrogen) atoms. The van der Waals surface area contributed by atoms with Crippen molar-refractivity contribution in [3.63, 3.8) is 0 Å². The van der Waals surface area contributed by atoms with Crippen LogP contribution in [0.3, 0.4) is 0 Å². The summed E-state index contributed by atoms with van der Waals surface area (Å²) in [5, 5.41) is 13.8. The summed E-state index contributed by atoms with van der Waals surface area (Å²) in [7, 11) is 0. The van der Waals surface area contributed by atoms with E-state index >= 15 is 0 Å². The van der Waals surface area contributed by atoms with Gasteiger partial charge < -0.3 is 19.6 Å². The van der Waals surface area contributed by atoms with Crippen LogP contribution in [0.4, 0.5) is 0 Å². The molecule has 1 heterocycles. The van der Waals surface area contributed by atoms with Gasteiger partial charge >= 0.3 is 5.97 Å². The third-order valence-corrected chi connectivity index (χ3v) is 8.86. The van der Waals surface area contributed by atoms with E-state index in [0.717, 1.165) is 6.08 Å². The van der Waals surface area contributed by atoms with Gasteiger partial charge in [0, 0.05) is 16.5 Å². The molecule has 0 atom stereocenters. The zero-order chi connectivity index (χ0) is 26.1. The number of carbonyl (C=O) groups excluding carboxylic acids is 2. The average molecular weight is 933 g/mol. The van der Waals surface area contributed by atoms with E-state index in [1.807, 2.05) is 102 Å². The van der Waals surface area contributed by atoms with Crippen molar-refractivity contribution in [1.29, 1.82) is 0 Å². The minimum Gasteiger partial charge on any atom is -0.506 e. The Morgan fingerprint density at radius 3 is 2.50 bits per heavy atom. The second-order valence-electron chi connectivity index (χ2n) is 7.43. The Bertz CT molecular complexity index is 1580. The molecular weight excluding hydrogens is 918 g/mol. The van der Waals surface area contributed by atoms with Gasteiger partial charge in [-0.3, -0.25) is 9.59 Å². The lowest BCUT2D eigenvalue weighted by Crippen LogP contribution is -2.26. The maximum absolute atomic E-state index is 13.1. The number of aromatic hydroxyl groups is 1. The zero-order valence-electron chi connectivity index (χ0n) is 18.2. The first-order chi connectivity index (χ1) is 17.1. The quantitative estimate of drug-likeness (QED) is 0.0792. The first-order valence-electron chi connectivity index (χ1n) is 10.3. The number of ether oxygens (including phenoxy) is 1. The largest absolute Gasteiger partial charge is 0.506 e. The standard InChI is InChI=1S/C25H15I4NO6/c1-2-17(31)30-7-8-35-25(34)12-6-4-3-5-11(12)18-13-9-15(26)21(32)19(28)23(13)36-24-14(18)10-16(27)22(33)20(24)29/h2-6,9-10,32H,1,7-8H2,(H,30,31). The van der Waals surface area contributed by atoms with Gasteiger partial charge in [-0.1, -0.05) is 24.8 Å². The van der Waals surface area contributed by atoms with E-state index in [9.17, 15) is 19.5 Å². The van der Waals surface area contributed by atoms with Gasteiger partial charge in [-0.05, 0) is 120 Å². The number of hydrogen-bond acceptors (Lipinski definition) is 6. The molecule has 1 aliphatic heterocycles. The van der Waals surface area contributed by atoms with Crippen molar-refractivity contribution in [2.75, 3.05) is 13.2 Å². The normalized spacial score (nSPS) is 11.0. The van der Waals surface area contributed by atoms with Gasteiger partial charge in [-0.25, -0.2) is 4.79 Å². The van der Waals surface area contributed by atoms with Crippen LogP contribution in [0.15, 0.2) is 58.3 Å². The number of phenolic OH excluding ortho intramolecular Hbond substituents is 1. The Balaban J connectivity index is 1.96. The van der Waals surface area contributed by atoms with Gasteiger partial charge in [-0.2, -0.15) is 0 Å². The van der Waals surface area contributed by atoms with Crippen LogP contribution in [0.2, 0.25) is 0 Å². The molecule has 1 amide bonds. The third-order valence-electron chi connectivity index (χ3n) is 5.26. The molecule has 2 aliphatic rings. The summed E-state index contributed by atoms with van der Waals surface area (Å²) in [5.41, 5.74) is 2.50. The van der Waals surface area contributed by atoms with Gasteiger partial charge in [0.1, 0.15) is 15.9 Å². The van der Waals surface area contributed by atoms with E-state index in [2.05, 4.69) is 11.9 Å². The topological polar surface area (TPSA) is 106 Å². The summed E-state index contributed by atoms with van der Waals surface area (Å²) < 4.78 is 13.7. The van der Waals surface area contributed by atoms with Gasteiger partial charge in [0.25, 0.3) is 0 Å². The van der Waals surface area contributed by atoms with Crippen molar-refractivity contribution in [3.05, 3.63) is 79.1 Å². The van der Waals surface area contributed by atoms with E-state index < -0.39 is 5.97 Å². The number of halogens is 4. The Hall–Kier alpha value is -1.47. The summed E-state index contributed by atoms with van der Waals surface area (Å²) in [6.45, 7) is 3.52. The lowest BCUT2D eigenvalue weighted by molar-refractivity contribution is -0.116. The molecule has 7 nitrogen and oxygen atoms in total. The second kappa shape index (κ2) is 11.5. The fourth-order valence-electron chi connectivity index (χ4n) is 3.63. The van der Waals surface area contributed by atoms with Crippen molar-refractivity contribution in [2.45, 2.75) is 0 Å². The highest BCUT2D eigenvalue weighted by Gasteiger charge is 2.27. The van der Waals surface area contributed by atoms with E-state index in [1.165, 1.54) is 0 Å². The number of carbonyl (C=O) groups is 2. The Morgan fingerprint density at radius 2 is 1.78 bits per heavy atom. The molecule has 0 saturated carbocycles. The number of hydrogen-bond donors (Lipinski definition) is 2. The molecule has 0 unspecified atom stereocenters. The van der Waals surface area contributed by atoms with Crippen LogP contribution in [0, 0.1) is 14.3 Å². The number of amides is 1. The van der Waals surface area contributed by atoms with E-state index in [4.69, 9.17) is 9.15 Å². The Morgan fingerprint density at radius 1 is 1.06 bits per heavy atom. The molecule has 0 saturated heterocycles. The van der Waals surface area contributed by atoms with Crippen molar-refractivity contribution in [3.8, 4) is 28.2 Å². The van der Waals surface area contributed by atoms with Crippen LogP contribution >= 0.6 is 90.4 Å². The number of benzene rings is 3. The van der Waals surface area contributed by atoms with Crippen molar-refractivity contribution in [2.24, 2.45) is 0 Å². The zero-order valence-corrected chi connectivity index (χ0v) is 26.8. The Labute approximate surface area is 260 Å². The highest BCUT2D eigenvalue weighted by Crippen LogP contribution is 2.46. The van der Waals surface area contributed by atoms with Crippen molar-refractivity contribution in [1.82, 2.24) is 5.32 Å². The minimum absolute atomic E-state index is 0.0165. The lowest BCUT2D eigenvalue weighted by atomic mass is 9.91. The summed E-state index contributed by atoms with van der Waals surface area (Å²) in [6, 6.07) is 10.6. The smallest absolute Gasteiger partial charge is 0.338 e. The van der Waals surface area contributed by atoms with Crippen LogP contribution in [0.1, 0.15) is 10.4 Å². The van der Waals surface area contributed by atoms with E-state index in [1.54, 1.807) is 24.3 Å². The van der Waals surface area contributed by atoms with Crippen molar-refractivity contribution < 1.29 is 23.8 Å². The van der Waals surface area contributed by atoms with Crippen LogP contribution in [0.5, 0.6) is 5.75 Å². The van der Waals surface area contributed by atoms with Crippen LogP contribution < -0.4 is 10.7 Å². The van der Waals surface area contributed by atoms with Gasteiger partial charge in [-0.15, -0.1) is 0 Å². The Kier molecular flexibility index (Phi) is 8.81. The third kappa shape index (κ3) is 5.24. The number of fused-ring (bicyclic) bond motifs is 2. The molecule has 0 aromatic heterocycles. The molecule has 0 radical (unpaired) electrons. The molecule has 2 aromatic carbocycles. The molecule has 2 aromatic rings. The average Bonchev–Trinajstić information content (AvgIpc) is 2.87. The predicted molar refractivity (Wildman–Crippen MR) is 171 cm³/mol. The molecule has 184 valence electrons. The maximum atomic E-state index is 13.1. The fourth-order valence-corrected chi connectivity index (χ4v) is 7.21. The van der Waals surface area contributed by atoms with E-state index in [0.29, 0.717) is 53.3 Å². The minimum atomic E-state index is -0.562. The number of esters is 1. The molecule has 0 spiro atoms. The van der Waals surface area contributed by atoms with Gasteiger partial charge in [0.2, 0.25) is 11.3 Å². The molecule has 11 heteroatoms. The van der Waals surface area contributed by atoms with Crippen LogP contribution in [-0.4, -0.2) is 30.1 Å². The van der Waals surface area contributed by atoms with Gasteiger partial charge in [0.05, 0.1) is 22.8 Å². The highest BCUT2D eigenvalue weighted by atomic mass is 127. The number of rotatable bonds is 6. The maximum Gasteiger partial charge on any atom is 0.338 e. The first kappa shape index (κ1) is 27.6. The molecular formula is C25H15I4NO6. The summed E-state index contributed by atoms with van der Waals surface area (Å²) in [6.07, 6.45) is 1.14. The highest BCUT2D eigenvalue weighted by molar-refractivity contribution is 14.1. The molecule has 1 aliphatic carbocycles. The van der Waals surface area contributed by atoms with Crippen molar-refractivity contribution >= 4 is 113 Å². The second-order valence-corrected chi connectivity index (χ2v) is 11.9. The summed E-state index contributed by atoms with van der Waals surface area (Å²) >= 11 is 8.02. The predicted octanol–water partition coefficient (Wildman–Crippen LogP) is 6.15. The number of phenols is 1. The molecule has 4 rings (SSSR count). The van der Waals surface area contributed by atoms with Gasteiger partial charge in [0.15, 0.2) is 11.3 Å². The molecule has 0 bridgehead atoms. The monoisotopic (exact) mass is 933 g/mol. The molecule has 0 fully saturated rings. The lowest BCUT2D eigenvalue weighted by Gasteiger charge is -2.20. The van der Waals surface area contributed by atoms with Crippen LogP contribution in [-0.2, 0) is 9.53 Å². The van der Waals surface area contributed by atoms with E-state index in [-0.39, 0.29) is 30.2 Å². The summed E-state index contributed by atoms with van der Waals surface area (Å²) in [4.78, 5) is 37.2. The van der Waals surface area contributed by atoms with Crippen LogP contribution in [0.25, 0.3) is 33.4 Å². The molecule has 2 N–H and O–H groups in total. The SMILES string of the molecule is C=CC(=O)NCCOC(=O)c1ccccc1-c1c2cc(I)c(=O)c(I)c-2oc2c(I)c(O)c(I)cc12. The number of nitrogens with one attached hydrogen (secondary N) is 1. The fraction of sp³-hybridized carbons (Fsp3) is 0.0800.